The third-order valence-electron chi connectivity index (χ3n) is 2.08. The molecule has 16 heavy (non-hydrogen) atoms. The number of halogens is 3. The number of nitrogens with two attached hydrogens (primary N) is 1. The fraction of sp³-hybridized carbons (Fsp3) is 0.455. The van der Waals surface area contributed by atoms with Crippen LogP contribution in [0.2, 0.25) is 0 Å². The smallest absolute Gasteiger partial charge is 0.363 e. The zero-order valence-electron chi connectivity index (χ0n) is 8.92. The van der Waals surface area contributed by atoms with E-state index in [1.165, 1.54) is 0 Å². The Labute approximate surface area is 92.2 Å². The minimum atomic E-state index is -4.32. The molecule has 0 spiro atoms. The van der Waals surface area contributed by atoms with Gasteiger partial charge in [-0.3, -0.25) is 0 Å². The topological polar surface area (TPSA) is 35.2 Å². The Morgan fingerprint density at radius 3 is 2.56 bits per heavy atom. The van der Waals surface area contributed by atoms with Crippen molar-refractivity contribution in [2.45, 2.75) is 19.2 Å². The molecular formula is C11H14F3NO. The Morgan fingerprint density at radius 1 is 1.38 bits per heavy atom. The van der Waals surface area contributed by atoms with Gasteiger partial charge in [0.2, 0.25) is 0 Å². The van der Waals surface area contributed by atoms with Gasteiger partial charge in [-0.1, -0.05) is 29.8 Å². The maximum atomic E-state index is 12.0. The van der Waals surface area contributed by atoms with E-state index in [4.69, 9.17) is 10.5 Å². The summed E-state index contributed by atoms with van der Waals surface area (Å²) in [6.45, 7) is 0.614. The number of aryl methyl sites for hydroxylation is 1. The van der Waals surface area contributed by atoms with Gasteiger partial charge < -0.3 is 10.5 Å². The first kappa shape index (κ1) is 13.0. The average Bonchev–Trinajstić information content (AvgIpc) is 2.17. The van der Waals surface area contributed by atoms with Crippen LogP contribution >= 0.6 is 0 Å². The Balaban J connectivity index is 2.68. The minimum absolute atomic E-state index is 0.0273. The summed E-state index contributed by atoms with van der Waals surface area (Å²) in [5.74, 6) is 0. The first-order chi connectivity index (χ1) is 7.42. The van der Waals surface area contributed by atoms with Gasteiger partial charge in [0, 0.05) is 6.54 Å². The van der Waals surface area contributed by atoms with E-state index in [1.807, 2.05) is 13.0 Å². The zero-order chi connectivity index (χ0) is 12.2. The number of hydrogen-bond acceptors (Lipinski definition) is 2. The van der Waals surface area contributed by atoms with E-state index < -0.39 is 18.9 Å². The molecule has 0 saturated carbocycles. The normalized spacial score (nSPS) is 13.8. The second-order valence-corrected chi connectivity index (χ2v) is 3.56. The lowest BCUT2D eigenvalue weighted by atomic mass is 10.1. The fourth-order valence-corrected chi connectivity index (χ4v) is 1.37. The molecule has 5 heteroatoms. The summed E-state index contributed by atoms with van der Waals surface area (Å²) in [5.41, 5.74) is 7.03. The molecule has 1 aromatic carbocycles. The van der Waals surface area contributed by atoms with Crippen LogP contribution in [0.1, 0.15) is 17.2 Å². The van der Waals surface area contributed by atoms with Crippen molar-refractivity contribution in [3.05, 3.63) is 35.4 Å². The first-order valence-corrected chi connectivity index (χ1v) is 4.87. The molecule has 0 radical (unpaired) electrons. The van der Waals surface area contributed by atoms with Crippen LogP contribution in [-0.4, -0.2) is 19.3 Å². The van der Waals surface area contributed by atoms with E-state index in [0.717, 1.165) is 5.56 Å². The Morgan fingerprint density at radius 2 is 2.06 bits per heavy atom. The highest BCUT2D eigenvalue weighted by Crippen LogP contribution is 2.22. The summed E-state index contributed by atoms with van der Waals surface area (Å²) in [6, 6.07) is 7.11. The predicted octanol–water partition coefficient (Wildman–Crippen LogP) is 2.57. The summed E-state index contributed by atoms with van der Waals surface area (Å²) in [7, 11) is 0. The highest BCUT2D eigenvalue weighted by molar-refractivity contribution is 5.24. The van der Waals surface area contributed by atoms with Crippen molar-refractivity contribution < 1.29 is 17.9 Å². The van der Waals surface area contributed by atoms with Crippen molar-refractivity contribution in [1.82, 2.24) is 0 Å². The van der Waals surface area contributed by atoms with Gasteiger partial charge in [0.25, 0.3) is 0 Å². The second-order valence-electron chi connectivity index (χ2n) is 3.56. The molecule has 1 atom stereocenters. The van der Waals surface area contributed by atoms with E-state index in [-0.39, 0.29) is 6.54 Å². The summed E-state index contributed by atoms with van der Waals surface area (Å²) in [5, 5.41) is 0. The Kier molecular flexibility index (Phi) is 4.32. The van der Waals surface area contributed by atoms with E-state index in [0.29, 0.717) is 5.56 Å². The first-order valence-electron chi connectivity index (χ1n) is 4.87. The highest BCUT2D eigenvalue weighted by Gasteiger charge is 2.29. The van der Waals surface area contributed by atoms with Crippen LogP contribution in [0, 0.1) is 6.92 Å². The van der Waals surface area contributed by atoms with Crippen LogP contribution in [0.3, 0.4) is 0 Å². The Bertz CT molecular complexity index is 338. The van der Waals surface area contributed by atoms with Crippen molar-refractivity contribution in [3.63, 3.8) is 0 Å². The largest absolute Gasteiger partial charge is 0.411 e. The van der Waals surface area contributed by atoms with Crippen LogP contribution in [0.15, 0.2) is 24.3 Å². The molecule has 2 nitrogen and oxygen atoms in total. The lowest BCUT2D eigenvalue weighted by Crippen LogP contribution is -2.23. The molecule has 0 heterocycles. The standard InChI is InChI=1S/C11H14F3NO/c1-8-3-2-4-9(5-8)10(6-15)16-7-11(12,13)14/h2-5,10H,6-7,15H2,1H3. The number of benzene rings is 1. The van der Waals surface area contributed by atoms with Gasteiger partial charge in [0.1, 0.15) is 6.61 Å². The quantitative estimate of drug-likeness (QED) is 0.867. The monoisotopic (exact) mass is 233 g/mol. The summed E-state index contributed by atoms with van der Waals surface area (Å²) < 4.78 is 40.7. The van der Waals surface area contributed by atoms with Gasteiger partial charge in [0.15, 0.2) is 0 Å². The number of alkyl halides is 3. The molecule has 90 valence electrons. The third-order valence-corrected chi connectivity index (χ3v) is 2.08. The van der Waals surface area contributed by atoms with Crippen molar-refractivity contribution in [1.29, 1.82) is 0 Å². The molecule has 1 rings (SSSR count). The molecule has 0 amide bonds. The average molecular weight is 233 g/mol. The molecule has 1 unspecified atom stereocenters. The molecule has 0 aliphatic carbocycles. The molecule has 0 bridgehead atoms. The lowest BCUT2D eigenvalue weighted by Gasteiger charge is -2.18. The number of rotatable bonds is 4. The van der Waals surface area contributed by atoms with Crippen LogP contribution < -0.4 is 5.73 Å². The SMILES string of the molecule is Cc1cccc(C(CN)OCC(F)(F)F)c1. The van der Waals surface area contributed by atoms with Gasteiger partial charge >= 0.3 is 6.18 Å². The minimum Gasteiger partial charge on any atom is -0.363 e. The second kappa shape index (κ2) is 5.32. The van der Waals surface area contributed by atoms with Gasteiger partial charge in [-0.2, -0.15) is 13.2 Å². The molecule has 2 N–H and O–H groups in total. The van der Waals surface area contributed by atoms with Crippen LogP contribution in [-0.2, 0) is 4.74 Å². The van der Waals surface area contributed by atoms with Crippen molar-refractivity contribution in [2.75, 3.05) is 13.2 Å². The van der Waals surface area contributed by atoms with Gasteiger partial charge in [-0.25, -0.2) is 0 Å². The lowest BCUT2D eigenvalue weighted by molar-refractivity contribution is -0.185. The molecule has 1 aromatic rings. The maximum Gasteiger partial charge on any atom is 0.411 e. The number of ether oxygens (including phenoxy) is 1. The third kappa shape index (κ3) is 4.20. The molecular weight excluding hydrogens is 219 g/mol. The fourth-order valence-electron chi connectivity index (χ4n) is 1.37. The van der Waals surface area contributed by atoms with Gasteiger partial charge in [-0.15, -0.1) is 0 Å². The summed E-state index contributed by atoms with van der Waals surface area (Å²) in [6.07, 6.45) is -5.03. The highest BCUT2D eigenvalue weighted by atomic mass is 19.4. The Hall–Kier alpha value is -1.07. The molecule has 0 aromatic heterocycles. The maximum absolute atomic E-state index is 12.0. The van der Waals surface area contributed by atoms with Gasteiger partial charge in [0.05, 0.1) is 6.10 Å². The van der Waals surface area contributed by atoms with Gasteiger partial charge in [-0.05, 0) is 12.5 Å². The van der Waals surface area contributed by atoms with E-state index >= 15 is 0 Å². The van der Waals surface area contributed by atoms with Crippen molar-refractivity contribution >= 4 is 0 Å². The van der Waals surface area contributed by atoms with Crippen LogP contribution in [0.4, 0.5) is 13.2 Å². The van der Waals surface area contributed by atoms with E-state index in [2.05, 4.69) is 0 Å². The summed E-state index contributed by atoms with van der Waals surface area (Å²) in [4.78, 5) is 0. The molecule has 0 fully saturated rings. The molecule has 0 aliphatic rings. The zero-order valence-corrected chi connectivity index (χ0v) is 8.92. The van der Waals surface area contributed by atoms with E-state index in [1.54, 1.807) is 18.2 Å². The van der Waals surface area contributed by atoms with Crippen LogP contribution in [0.5, 0.6) is 0 Å². The molecule has 0 aliphatic heterocycles. The predicted molar refractivity (Wildman–Crippen MR) is 55.0 cm³/mol. The molecule has 0 saturated heterocycles. The van der Waals surface area contributed by atoms with E-state index in [9.17, 15) is 13.2 Å². The van der Waals surface area contributed by atoms with Crippen molar-refractivity contribution in [3.8, 4) is 0 Å². The van der Waals surface area contributed by atoms with Crippen molar-refractivity contribution in [2.24, 2.45) is 5.73 Å². The van der Waals surface area contributed by atoms with Crippen LogP contribution in [0.25, 0.3) is 0 Å². The number of hydrogen-bond donors (Lipinski definition) is 1. The summed E-state index contributed by atoms with van der Waals surface area (Å²) >= 11 is 0.